The molecule has 0 aliphatic rings. The number of carbonyl (C=O) groups is 1. The van der Waals surface area contributed by atoms with E-state index >= 15 is 0 Å². The van der Waals surface area contributed by atoms with Gasteiger partial charge in [0.25, 0.3) is 10.0 Å². The lowest BCUT2D eigenvalue weighted by Gasteiger charge is -2.26. The van der Waals surface area contributed by atoms with E-state index < -0.39 is 15.9 Å². The fourth-order valence-electron chi connectivity index (χ4n) is 3.67. The normalized spacial score (nSPS) is 11.1. The number of nitrogens with zero attached hydrogens (tertiary/aromatic N) is 1. The van der Waals surface area contributed by atoms with Gasteiger partial charge in [0.1, 0.15) is 18.0 Å². The average molecular weight is 497 g/mol. The number of methoxy groups -OCH3 is 2. The number of carbonyl (C=O) groups excluding carboxylic acids is 1. The van der Waals surface area contributed by atoms with Crippen LogP contribution in [0.5, 0.6) is 11.5 Å². The van der Waals surface area contributed by atoms with Gasteiger partial charge in [-0.15, -0.1) is 0 Å². The maximum Gasteiger partial charge on any atom is 0.264 e. The molecule has 0 saturated carbocycles. The fourth-order valence-corrected chi connectivity index (χ4v) is 5.09. The lowest BCUT2D eigenvalue weighted by molar-refractivity contribution is -0.119. The smallest absolute Gasteiger partial charge is 0.264 e. The Kier molecular flexibility index (Phi) is 8.76. The van der Waals surface area contributed by atoms with Crippen LogP contribution in [0.1, 0.15) is 23.1 Å². The summed E-state index contributed by atoms with van der Waals surface area (Å²) in [5, 5.41) is 2.85. The van der Waals surface area contributed by atoms with E-state index in [1.165, 1.54) is 7.11 Å². The van der Waals surface area contributed by atoms with Crippen molar-refractivity contribution in [1.82, 2.24) is 5.32 Å². The Labute approximate surface area is 207 Å². The van der Waals surface area contributed by atoms with Gasteiger partial charge in [-0.1, -0.05) is 35.9 Å². The van der Waals surface area contributed by atoms with Crippen molar-refractivity contribution < 1.29 is 22.7 Å². The first kappa shape index (κ1) is 26.1. The Morgan fingerprint density at radius 2 is 1.63 bits per heavy atom. The lowest BCUT2D eigenvalue weighted by Crippen LogP contribution is -2.41. The minimum absolute atomic E-state index is 0.109. The predicted molar refractivity (Wildman–Crippen MR) is 138 cm³/mol. The number of hydrogen-bond acceptors (Lipinski definition) is 5. The zero-order valence-electron chi connectivity index (χ0n) is 20.6. The van der Waals surface area contributed by atoms with E-state index in [1.807, 2.05) is 44.2 Å². The quantitative estimate of drug-likeness (QED) is 0.401. The third-order valence-corrected chi connectivity index (χ3v) is 7.37. The summed E-state index contributed by atoms with van der Waals surface area (Å²) < 4.78 is 39.0. The molecule has 3 aromatic carbocycles. The van der Waals surface area contributed by atoms with Crippen molar-refractivity contribution in [2.45, 2.75) is 31.6 Å². The van der Waals surface area contributed by atoms with Gasteiger partial charge >= 0.3 is 0 Å². The van der Waals surface area contributed by atoms with E-state index in [0.29, 0.717) is 24.4 Å². The third-order valence-electron chi connectivity index (χ3n) is 5.60. The van der Waals surface area contributed by atoms with Crippen LogP contribution in [0.3, 0.4) is 0 Å². The molecule has 3 aromatic rings. The summed E-state index contributed by atoms with van der Waals surface area (Å²) >= 11 is 0. The number of benzene rings is 3. The summed E-state index contributed by atoms with van der Waals surface area (Å²) in [6, 6.07) is 19.6. The maximum atomic E-state index is 13.6. The highest BCUT2D eigenvalue weighted by Crippen LogP contribution is 2.33. The Morgan fingerprint density at radius 3 is 2.31 bits per heavy atom. The fraction of sp³-hybridized carbons (Fsp3) is 0.296. The van der Waals surface area contributed by atoms with Crippen LogP contribution >= 0.6 is 0 Å². The van der Waals surface area contributed by atoms with E-state index in [-0.39, 0.29) is 11.4 Å². The van der Waals surface area contributed by atoms with Crippen molar-refractivity contribution in [3.63, 3.8) is 0 Å². The average Bonchev–Trinajstić information content (AvgIpc) is 2.85. The van der Waals surface area contributed by atoms with Gasteiger partial charge in [0.15, 0.2) is 0 Å². The molecule has 0 aliphatic carbocycles. The van der Waals surface area contributed by atoms with Crippen LogP contribution in [0.15, 0.2) is 71.6 Å². The first-order valence-electron chi connectivity index (χ1n) is 11.4. The van der Waals surface area contributed by atoms with Crippen LogP contribution in [0.2, 0.25) is 0 Å². The number of hydrogen-bond donors (Lipinski definition) is 1. The first-order valence-corrected chi connectivity index (χ1v) is 12.8. The number of anilines is 1. The van der Waals surface area contributed by atoms with E-state index in [9.17, 15) is 13.2 Å². The monoisotopic (exact) mass is 496 g/mol. The molecule has 0 bridgehead atoms. The Bertz CT molecular complexity index is 1260. The van der Waals surface area contributed by atoms with Crippen molar-refractivity contribution in [3.8, 4) is 11.5 Å². The number of aryl methyl sites for hydroxylation is 3. The summed E-state index contributed by atoms with van der Waals surface area (Å²) in [5.41, 5.74) is 3.22. The zero-order chi connectivity index (χ0) is 25.4. The summed E-state index contributed by atoms with van der Waals surface area (Å²) in [4.78, 5) is 13.0. The molecule has 0 unspecified atom stereocenters. The van der Waals surface area contributed by atoms with Gasteiger partial charge in [0.2, 0.25) is 5.91 Å². The van der Waals surface area contributed by atoms with Crippen molar-refractivity contribution in [1.29, 1.82) is 0 Å². The maximum absolute atomic E-state index is 13.6. The van der Waals surface area contributed by atoms with Gasteiger partial charge < -0.3 is 14.8 Å². The minimum Gasteiger partial charge on any atom is -0.497 e. The molecule has 8 heteroatoms. The molecule has 186 valence electrons. The standard InChI is InChI=1S/C27H32N2O5S/c1-20-10-13-24(14-11-20)35(31,32)29(25-17-21(2)12-15-26(25)34-4)19-27(30)28-16-6-8-22-7-5-9-23(18-22)33-3/h5,7,9-15,17-18H,6,8,16,19H2,1-4H3,(H,28,30). The largest absolute Gasteiger partial charge is 0.497 e. The molecule has 0 aliphatic heterocycles. The number of amides is 1. The van der Waals surface area contributed by atoms with Crippen molar-refractivity contribution in [2.75, 3.05) is 31.6 Å². The molecule has 35 heavy (non-hydrogen) atoms. The highest BCUT2D eigenvalue weighted by molar-refractivity contribution is 7.92. The van der Waals surface area contributed by atoms with Gasteiger partial charge in [0, 0.05) is 6.54 Å². The first-order chi connectivity index (χ1) is 16.7. The van der Waals surface area contributed by atoms with Gasteiger partial charge in [-0.3, -0.25) is 9.10 Å². The number of rotatable bonds is 11. The Balaban J connectivity index is 1.77. The van der Waals surface area contributed by atoms with E-state index in [1.54, 1.807) is 43.5 Å². The minimum atomic E-state index is -4.02. The highest BCUT2D eigenvalue weighted by atomic mass is 32.2. The predicted octanol–water partition coefficient (Wildman–Crippen LogP) is 4.26. The Hall–Kier alpha value is -3.52. The molecule has 0 saturated heterocycles. The van der Waals surface area contributed by atoms with Crippen LogP contribution in [0, 0.1) is 13.8 Å². The molecule has 0 radical (unpaired) electrons. The molecule has 0 atom stereocenters. The molecule has 3 rings (SSSR count). The van der Waals surface area contributed by atoms with Crippen molar-refractivity contribution in [2.24, 2.45) is 0 Å². The van der Waals surface area contributed by atoms with Crippen LogP contribution < -0.4 is 19.1 Å². The van der Waals surface area contributed by atoms with Gasteiger partial charge in [-0.2, -0.15) is 0 Å². The highest BCUT2D eigenvalue weighted by Gasteiger charge is 2.29. The summed E-state index contributed by atoms with van der Waals surface area (Å²) in [5.74, 6) is 0.766. The number of sulfonamides is 1. The van der Waals surface area contributed by atoms with Crippen LogP contribution in [0.25, 0.3) is 0 Å². The van der Waals surface area contributed by atoms with Gasteiger partial charge in [-0.25, -0.2) is 8.42 Å². The molecule has 0 spiro atoms. The molecule has 0 heterocycles. The molecule has 1 N–H and O–H groups in total. The van der Waals surface area contributed by atoms with E-state index in [4.69, 9.17) is 9.47 Å². The van der Waals surface area contributed by atoms with Crippen LogP contribution in [0.4, 0.5) is 5.69 Å². The zero-order valence-corrected chi connectivity index (χ0v) is 21.4. The molecule has 1 amide bonds. The van der Waals surface area contributed by atoms with Crippen LogP contribution in [-0.4, -0.2) is 41.6 Å². The summed E-state index contributed by atoms with van der Waals surface area (Å²) in [6.07, 6.45) is 1.46. The topological polar surface area (TPSA) is 84.9 Å². The molecule has 0 fully saturated rings. The second-order valence-electron chi connectivity index (χ2n) is 8.31. The van der Waals surface area contributed by atoms with Gasteiger partial charge in [0.05, 0.1) is 24.8 Å². The van der Waals surface area contributed by atoms with Crippen molar-refractivity contribution >= 4 is 21.6 Å². The lowest BCUT2D eigenvalue weighted by atomic mass is 10.1. The summed E-state index contributed by atoms with van der Waals surface area (Å²) in [7, 11) is -0.918. The second kappa shape index (κ2) is 11.8. The molecule has 7 nitrogen and oxygen atoms in total. The molecular formula is C27H32N2O5S. The SMILES string of the molecule is COc1cccc(CCCNC(=O)CN(c2cc(C)ccc2OC)S(=O)(=O)c2ccc(C)cc2)c1. The Morgan fingerprint density at radius 1 is 0.914 bits per heavy atom. The third kappa shape index (κ3) is 6.76. The number of ether oxygens (including phenoxy) is 2. The second-order valence-corrected chi connectivity index (χ2v) is 10.2. The van der Waals surface area contributed by atoms with Gasteiger partial charge in [-0.05, 0) is 74.2 Å². The van der Waals surface area contributed by atoms with Crippen LogP contribution in [-0.2, 0) is 21.2 Å². The molecular weight excluding hydrogens is 464 g/mol. The number of nitrogens with one attached hydrogen (secondary N) is 1. The van der Waals surface area contributed by atoms with Crippen molar-refractivity contribution in [3.05, 3.63) is 83.4 Å². The van der Waals surface area contributed by atoms with E-state index in [2.05, 4.69) is 5.32 Å². The molecule has 0 aromatic heterocycles. The van der Waals surface area contributed by atoms with E-state index in [0.717, 1.165) is 33.2 Å². The summed E-state index contributed by atoms with van der Waals surface area (Å²) in [6.45, 7) is 3.80.